The van der Waals surface area contributed by atoms with Gasteiger partial charge in [0.15, 0.2) is 11.5 Å². The molecule has 0 aliphatic rings. The summed E-state index contributed by atoms with van der Waals surface area (Å²) >= 11 is 0. The lowest BCUT2D eigenvalue weighted by atomic mass is 9.88. The molecule has 0 spiro atoms. The Morgan fingerprint density at radius 3 is 1.46 bits per heavy atom. The van der Waals surface area contributed by atoms with Crippen molar-refractivity contribution >= 4 is 10.8 Å². The van der Waals surface area contributed by atoms with E-state index >= 15 is 0 Å². The Hall–Kier alpha value is -3.26. The third-order valence-electron chi connectivity index (χ3n) is 4.66. The van der Waals surface area contributed by atoms with E-state index in [4.69, 9.17) is 9.47 Å². The van der Waals surface area contributed by atoms with Gasteiger partial charge in [-0.05, 0) is 16.5 Å². The lowest BCUT2D eigenvalue weighted by molar-refractivity contribution is 0.360. The van der Waals surface area contributed by atoms with E-state index in [0.29, 0.717) is 0 Å². The predicted octanol–water partition coefficient (Wildman–Crippen LogP) is 6.19. The Morgan fingerprint density at radius 2 is 0.923 bits per heavy atom. The van der Waals surface area contributed by atoms with Crippen molar-refractivity contribution in [1.82, 2.24) is 0 Å². The molecule has 4 aromatic rings. The topological polar surface area (TPSA) is 18.5 Å². The van der Waals surface area contributed by atoms with Crippen molar-refractivity contribution in [2.24, 2.45) is 0 Å². The van der Waals surface area contributed by atoms with E-state index in [2.05, 4.69) is 54.6 Å². The molecule has 0 radical (unpaired) electrons. The van der Waals surface area contributed by atoms with Crippen LogP contribution in [-0.2, 0) is 0 Å². The highest BCUT2D eigenvalue weighted by Gasteiger charge is 2.22. The van der Waals surface area contributed by atoms with Crippen molar-refractivity contribution in [3.63, 3.8) is 0 Å². The first kappa shape index (κ1) is 16.2. The molecule has 0 aromatic heterocycles. The van der Waals surface area contributed by atoms with Gasteiger partial charge in [-0.1, -0.05) is 84.9 Å². The van der Waals surface area contributed by atoms with Gasteiger partial charge in [0.05, 0.1) is 14.2 Å². The quantitative estimate of drug-likeness (QED) is 0.441. The second kappa shape index (κ2) is 6.93. The third kappa shape index (κ3) is 2.60. The van der Waals surface area contributed by atoms with Gasteiger partial charge in [-0.25, -0.2) is 0 Å². The lowest BCUT2D eigenvalue weighted by Gasteiger charge is -2.21. The van der Waals surface area contributed by atoms with Crippen LogP contribution >= 0.6 is 0 Å². The molecule has 0 N–H and O–H groups in total. The number of hydrogen-bond donors (Lipinski definition) is 0. The summed E-state index contributed by atoms with van der Waals surface area (Å²) in [5.41, 5.74) is 4.47. The van der Waals surface area contributed by atoms with Crippen LogP contribution in [0.15, 0.2) is 84.9 Å². The molecule has 0 atom stereocenters. The summed E-state index contributed by atoms with van der Waals surface area (Å²) in [5, 5.41) is 2.19. The van der Waals surface area contributed by atoms with Gasteiger partial charge >= 0.3 is 0 Å². The monoisotopic (exact) mass is 340 g/mol. The molecule has 0 aliphatic carbocycles. The molecule has 0 saturated carbocycles. The minimum Gasteiger partial charge on any atom is -0.492 e. The van der Waals surface area contributed by atoms with Crippen LogP contribution in [0.3, 0.4) is 0 Å². The summed E-state index contributed by atoms with van der Waals surface area (Å²) in [4.78, 5) is 0. The van der Waals surface area contributed by atoms with Crippen LogP contribution < -0.4 is 9.47 Å². The van der Waals surface area contributed by atoms with E-state index in [9.17, 15) is 0 Å². The molecule has 0 fully saturated rings. The summed E-state index contributed by atoms with van der Waals surface area (Å²) in [6.45, 7) is 0. The van der Waals surface area contributed by atoms with Crippen molar-refractivity contribution < 1.29 is 9.47 Å². The summed E-state index contributed by atoms with van der Waals surface area (Å²) in [6, 6.07) is 29.1. The zero-order valence-electron chi connectivity index (χ0n) is 14.9. The number of hydrogen-bond acceptors (Lipinski definition) is 2. The smallest absolute Gasteiger partial charge is 0.169 e. The van der Waals surface area contributed by atoms with Gasteiger partial charge in [0.1, 0.15) is 0 Å². The number of ether oxygens (including phenoxy) is 2. The van der Waals surface area contributed by atoms with Gasteiger partial charge in [-0.15, -0.1) is 0 Å². The normalized spacial score (nSPS) is 10.7. The number of rotatable bonds is 4. The van der Waals surface area contributed by atoms with E-state index in [-0.39, 0.29) is 0 Å². The Morgan fingerprint density at radius 1 is 0.462 bits per heavy atom. The molecule has 4 aromatic carbocycles. The highest BCUT2D eigenvalue weighted by molar-refractivity contribution is 6.10. The first-order valence-electron chi connectivity index (χ1n) is 8.62. The molecule has 4 rings (SSSR count). The van der Waals surface area contributed by atoms with Gasteiger partial charge in [0, 0.05) is 16.5 Å². The first-order valence-corrected chi connectivity index (χ1v) is 8.62. The highest BCUT2D eigenvalue weighted by Crippen LogP contribution is 2.50. The number of methoxy groups -OCH3 is 2. The fourth-order valence-electron chi connectivity index (χ4n) is 3.57. The molecule has 0 unspecified atom stereocenters. The molecular formula is C24H20O2. The van der Waals surface area contributed by atoms with Gasteiger partial charge < -0.3 is 9.47 Å². The second-order valence-electron chi connectivity index (χ2n) is 6.09. The van der Waals surface area contributed by atoms with Gasteiger partial charge in [-0.3, -0.25) is 0 Å². The molecule has 0 aliphatic heterocycles. The van der Waals surface area contributed by atoms with Crippen molar-refractivity contribution in [3.05, 3.63) is 84.9 Å². The van der Waals surface area contributed by atoms with Crippen LogP contribution in [0.1, 0.15) is 0 Å². The van der Waals surface area contributed by atoms with Crippen molar-refractivity contribution in [2.45, 2.75) is 0 Å². The van der Waals surface area contributed by atoms with E-state index in [1.165, 1.54) is 0 Å². The SMILES string of the molecule is COc1c(-c2ccccc2)c(-c2ccccc2)c2ccccc2c1OC. The van der Waals surface area contributed by atoms with Gasteiger partial charge in [0.25, 0.3) is 0 Å². The maximum absolute atomic E-state index is 5.87. The predicted molar refractivity (Wildman–Crippen MR) is 108 cm³/mol. The molecule has 0 amide bonds. The van der Waals surface area contributed by atoms with Gasteiger partial charge in [-0.2, -0.15) is 0 Å². The van der Waals surface area contributed by atoms with Crippen molar-refractivity contribution in [1.29, 1.82) is 0 Å². The standard InChI is InChI=1S/C24H20O2/c1-25-23-20-16-10-9-15-19(20)21(17-11-5-3-6-12-17)22(24(23)26-2)18-13-7-4-8-14-18/h3-16H,1-2H3. The zero-order valence-corrected chi connectivity index (χ0v) is 14.9. The Bertz CT molecular complexity index is 1040. The summed E-state index contributed by atoms with van der Waals surface area (Å²) in [5.74, 6) is 1.53. The highest BCUT2D eigenvalue weighted by atomic mass is 16.5. The second-order valence-corrected chi connectivity index (χ2v) is 6.09. The molecule has 2 heteroatoms. The molecular weight excluding hydrogens is 320 g/mol. The maximum atomic E-state index is 5.87. The zero-order chi connectivity index (χ0) is 17.9. The van der Waals surface area contributed by atoms with Gasteiger partial charge in [0.2, 0.25) is 0 Å². The summed E-state index contributed by atoms with van der Waals surface area (Å²) in [6.07, 6.45) is 0. The molecule has 0 heterocycles. The van der Waals surface area contributed by atoms with Crippen molar-refractivity contribution in [3.8, 4) is 33.8 Å². The summed E-state index contributed by atoms with van der Waals surface area (Å²) in [7, 11) is 3.40. The lowest BCUT2D eigenvalue weighted by Crippen LogP contribution is -1.98. The van der Waals surface area contributed by atoms with E-state index in [1.807, 2.05) is 30.3 Å². The summed E-state index contributed by atoms with van der Waals surface area (Å²) < 4.78 is 11.6. The Labute approximate surface area is 153 Å². The molecule has 128 valence electrons. The minimum absolute atomic E-state index is 0.760. The fourth-order valence-corrected chi connectivity index (χ4v) is 3.57. The minimum atomic E-state index is 0.760. The van der Waals surface area contributed by atoms with Crippen LogP contribution in [0, 0.1) is 0 Å². The molecule has 0 saturated heterocycles. The van der Waals surface area contributed by atoms with E-state index in [1.54, 1.807) is 14.2 Å². The van der Waals surface area contributed by atoms with E-state index in [0.717, 1.165) is 44.5 Å². The van der Waals surface area contributed by atoms with Crippen LogP contribution in [0.2, 0.25) is 0 Å². The average molecular weight is 340 g/mol. The molecule has 26 heavy (non-hydrogen) atoms. The van der Waals surface area contributed by atoms with Crippen LogP contribution in [0.25, 0.3) is 33.0 Å². The van der Waals surface area contributed by atoms with Crippen LogP contribution in [-0.4, -0.2) is 14.2 Å². The average Bonchev–Trinajstić information content (AvgIpc) is 2.73. The van der Waals surface area contributed by atoms with E-state index < -0.39 is 0 Å². The largest absolute Gasteiger partial charge is 0.492 e. The molecule has 2 nitrogen and oxygen atoms in total. The maximum Gasteiger partial charge on any atom is 0.169 e. The molecule has 0 bridgehead atoms. The van der Waals surface area contributed by atoms with Crippen LogP contribution in [0.5, 0.6) is 11.5 Å². The number of fused-ring (bicyclic) bond motifs is 1. The first-order chi connectivity index (χ1) is 12.8. The Balaban J connectivity index is 2.23. The van der Waals surface area contributed by atoms with Crippen LogP contribution in [0.4, 0.5) is 0 Å². The van der Waals surface area contributed by atoms with Crippen molar-refractivity contribution in [2.75, 3.05) is 14.2 Å². The fraction of sp³-hybridized carbons (Fsp3) is 0.0833. The number of benzene rings is 4. The third-order valence-corrected chi connectivity index (χ3v) is 4.66. The Kier molecular flexibility index (Phi) is 4.32.